The number of pyridine rings is 4. The Morgan fingerprint density at radius 1 is 0.667 bits per heavy atom. The van der Waals surface area contributed by atoms with Crippen LogP contribution in [0.15, 0.2) is 175 Å². The molecule has 93 heavy (non-hydrogen) atoms. The number of carbonyl (C=O) groups is 3. The average Bonchev–Trinajstić information content (AvgIpc) is 1.61. The van der Waals surface area contributed by atoms with E-state index in [1.807, 2.05) is 137 Å². The summed E-state index contributed by atoms with van der Waals surface area (Å²) in [5, 5.41) is 22.0. The summed E-state index contributed by atoms with van der Waals surface area (Å²) in [6.07, 6.45) is 12.1. The Bertz CT molecular complexity index is 5280. The smallest absolute Gasteiger partial charge is 0.333 e. The standard InChI is InChI=1S/C75H64N12O6/c1-9-64(88)83-32-12-17-51(42-83)70(90)84-33-13-16-50-35-53(39-81-69(50)84)48-19-29-61-59(37-48)68-63(41-79-61)85(72(92)87(68)57-26-22-55(23-27-57)74(5,6)44-77)45-75(7,93-65(89)10-2)31-30-46-14-11-15-49-34-52(38-80-66(46)49)47-18-28-60-58(36-47)67-62(40-78-60)82(8)71(91)86(67)56-24-20-54(21-25-56)73(3,4)43-76/h9-11,14-15,18-29,34-41,51H,1-2,12-13,16-17,32-33,42,45H2,3-8H3. The van der Waals surface area contributed by atoms with Gasteiger partial charge in [-0.15, -0.1) is 0 Å². The van der Waals surface area contributed by atoms with Crippen molar-refractivity contribution in [1.29, 1.82) is 10.5 Å². The predicted octanol–water partition coefficient (Wildman–Crippen LogP) is 11.7. The number of aromatic nitrogens is 8. The minimum Gasteiger partial charge on any atom is -0.441 e. The third-order valence-corrected chi connectivity index (χ3v) is 18.2. The van der Waals surface area contributed by atoms with E-state index in [2.05, 4.69) is 43.2 Å². The van der Waals surface area contributed by atoms with E-state index in [0.717, 1.165) is 68.6 Å². The molecule has 460 valence electrons. The van der Waals surface area contributed by atoms with Gasteiger partial charge in [-0.3, -0.25) is 47.7 Å². The minimum atomic E-state index is -1.66. The highest BCUT2D eigenvalue weighted by molar-refractivity contribution is 6.06. The van der Waals surface area contributed by atoms with Gasteiger partial charge in [0.05, 0.1) is 103 Å². The molecule has 0 saturated carbocycles. The Kier molecular flexibility index (Phi) is 15.2. The summed E-state index contributed by atoms with van der Waals surface area (Å²) in [6, 6.07) is 40.9. The molecule has 11 aromatic rings. The van der Waals surface area contributed by atoms with E-state index in [4.69, 9.17) is 24.7 Å². The van der Waals surface area contributed by atoms with Crippen LogP contribution in [0, 0.1) is 40.4 Å². The van der Waals surface area contributed by atoms with E-state index in [9.17, 15) is 29.7 Å². The molecule has 2 unspecified atom stereocenters. The molecule has 0 radical (unpaired) electrons. The lowest BCUT2D eigenvalue weighted by Crippen LogP contribution is -2.48. The van der Waals surface area contributed by atoms with Crippen molar-refractivity contribution >= 4 is 78.4 Å². The molecule has 1 fully saturated rings. The van der Waals surface area contributed by atoms with Gasteiger partial charge in [0.25, 0.3) is 0 Å². The Balaban J connectivity index is 0.871. The zero-order valence-corrected chi connectivity index (χ0v) is 52.4. The van der Waals surface area contributed by atoms with Gasteiger partial charge in [0.2, 0.25) is 11.8 Å². The number of nitrogens with zero attached hydrogens (tertiary/aromatic N) is 12. The first-order valence-corrected chi connectivity index (χ1v) is 30.8. The topological polar surface area (TPSA) is 220 Å². The molecule has 6 aromatic heterocycles. The molecule has 1 saturated heterocycles. The summed E-state index contributed by atoms with van der Waals surface area (Å²) in [7, 11) is 1.72. The summed E-state index contributed by atoms with van der Waals surface area (Å²) in [4.78, 5) is 92.6. The summed E-state index contributed by atoms with van der Waals surface area (Å²) in [6.45, 7) is 17.6. The van der Waals surface area contributed by atoms with Crippen LogP contribution in [-0.2, 0) is 50.0 Å². The number of likely N-dealkylation sites (tertiary alicyclic amines) is 1. The van der Waals surface area contributed by atoms with E-state index >= 15 is 4.79 Å². The van der Waals surface area contributed by atoms with Gasteiger partial charge in [-0.25, -0.2) is 19.4 Å². The molecule has 2 amide bonds. The van der Waals surface area contributed by atoms with Crippen molar-refractivity contribution < 1.29 is 19.1 Å². The first kappa shape index (κ1) is 60.4. The molecule has 2 aliphatic rings. The van der Waals surface area contributed by atoms with Crippen molar-refractivity contribution in [3.63, 3.8) is 0 Å². The first-order valence-electron chi connectivity index (χ1n) is 30.8. The first-order chi connectivity index (χ1) is 44.7. The van der Waals surface area contributed by atoms with Crippen LogP contribution in [0.2, 0.25) is 0 Å². The Hall–Kier alpha value is -11.6. The van der Waals surface area contributed by atoms with Crippen molar-refractivity contribution in [3.05, 3.63) is 209 Å². The fourth-order valence-electron chi connectivity index (χ4n) is 12.9. The van der Waals surface area contributed by atoms with Gasteiger partial charge >= 0.3 is 17.3 Å². The second kappa shape index (κ2) is 23.4. The number of benzene rings is 5. The molecule has 0 aliphatic carbocycles. The van der Waals surface area contributed by atoms with Gasteiger partial charge in [-0.2, -0.15) is 10.5 Å². The quantitative estimate of drug-likeness (QED) is 0.0633. The monoisotopic (exact) mass is 1230 g/mol. The second-order valence-corrected chi connectivity index (χ2v) is 25.2. The number of rotatable bonds is 12. The van der Waals surface area contributed by atoms with E-state index in [1.165, 1.54) is 10.6 Å². The fraction of sp³-hybridized carbons (Fsp3) is 0.240. The van der Waals surface area contributed by atoms with Crippen molar-refractivity contribution in [2.24, 2.45) is 13.0 Å². The molecule has 2 aliphatic heterocycles. The van der Waals surface area contributed by atoms with E-state index in [0.29, 0.717) is 99.2 Å². The summed E-state index contributed by atoms with van der Waals surface area (Å²) in [5.41, 5.74) is 7.69. The normalized spacial score (nSPS) is 14.9. The van der Waals surface area contributed by atoms with Gasteiger partial charge in [0.15, 0.2) is 5.60 Å². The number of carbonyl (C=O) groups excluding carboxylic acids is 3. The number of piperidine rings is 1. The zero-order valence-electron chi connectivity index (χ0n) is 52.4. The van der Waals surface area contributed by atoms with Gasteiger partial charge in [-0.1, -0.05) is 67.6 Å². The molecule has 8 heterocycles. The number of aryl methyl sites for hydroxylation is 2. The number of anilines is 1. The third kappa shape index (κ3) is 10.8. The number of hydrogen-bond donors (Lipinski definition) is 0. The van der Waals surface area contributed by atoms with E-state index in [1.54, 1.807) is 62.3 Å². The molecule has 2 atom stereocenters. The lowest BCUT2D eigenvalue weighted by atomic mass is 9.86. The maximum Gasteiger partial charge on any atom is 0.333 e. The third-order valence-electron chi connectivity index (χ3n) is 18.2. The fourth-order valence-corrected chi connectivity index (χ4v) is 12.9. The number of para-hydroxylation sites is 1. The maximum atomic E-state index is 15.5. The van der Waals surface area contributed by atoms with Crippen LogP contribution in [0.5, 0.6) is 0 Å². The van der Waals surface area contributed by atoms with Crippen LogP contribution in [-0.4, -0.2) is 86.1 Å². The van der Waals surface area contributed by atoms with Gasteiger partial charge in [0.1, 0.15) is 5.82 Å². The number of hydrogen-bond acceptors (Lipinski definition) is 12. The molecule has 18 heteroatoms. The number of fused-ring (bicyclic) bond motifs is 8. The molecular weight excluding hydrogens is 1160 g/mol. The van der Waals surface area contributed by atoms with E-state index in [-0.39, 0.29) is 30.0 Å². The highest BCUT2D eigenvalue weighted by atomic mass is 16.6. The van der Waals surface area contributed by atoms with Crippen molar-refractivity contribution in [2.75, 3.05) is 24.5 Å². The largest absolute Gasteiger partial charge is 0.441 e. The van der Waals surface area contributed by atoms with Crippen molar-refractivity contribution in [2.45, 2.75) is 83.3 Å². The Morgan fingerprint density at radius 2 is 1.27 bits per heavy atom. The zero-order chi connectivity index (χ0) is 65.3. The molecule has 0 spiro atoms. The van der Waals surface area contributed by atoms with Crippen LogP contribution >= 0.6 is 0 Å². The summed E-state index contributed by atoms with van der Waals surface area (Å²) in [5.74, 6) is 5.79. The second-order valence-electron chi connectivity index (χ2n) is 25.2. The molecule has 13 rings (SSSR count). The Morgan fingerprint density at radius 3 is 1.89 bits per heavy atom. The van der Waals surface area contributed by atoms with Crippen LogP contribution in [0.4, 0.5) is 5.82 Å². The lowest BCUT2D eigenvalue weighted by Gasteiger charge is -2.36. The van der Waals surface area contributed by atoms with Gasteiger partial charge in [0, 0.05) is 72.4 Å². The average molecular weight is 1230 g/mol. The van der Waals surface area contributed by atoms with Crippen molar-refractivity contribution in [1.82, 2.24) is 43.1 Å². The highest BCUT2D eigenvalue weighted by Gasteiger charge is 2.35. The predicted molar refractivity (Wildman–Crippen MR) is 360 cm³/mol. The Labute approximate surface area is 535 Å². The molecule has 0 bridgehead atoms. The maximum absolute atomic E-state index is 15.5. The van der Waals surface area contributed by atoms with Crippen LogP contribution in [0.3, 0.4) is 0 Å². The van der Waals surface area contributed by atoms with Crippen molar-refractivity contribution in [3.8, 4) is 57.6 Å². The van der Waals surface area contributed by atoms with Crippen LogP contribution < -0.4 is 16.3 Å². The minimum absolute atomic E-state index is 0.0456. The van der Waals surface area contributed by atoms with Gasteiger partial charge < -0.3 is 9.64 Å². The molecular formula is C75H64N12O6. The molecule has 18 nitrogen and oxygen atoms in total. The van der Waals surface area contributed by atoms with Gasteiger partial charge in [-0.05, 0) is 167 Å². The lowest BCUT2D eigenvalue weighted by molar-refractivity contribution is -0.147. The number of esters is 1. The summed E-state index contributed by atoms with van der Waals surface area (Å²) < 4.78 is 12.5. The molecule has 0 N–H and O–H groups in total. The molecule has 5 aromatic carbocycles. The van der Waals surface area contributed by atoms with Crippen LogP contribution in [0.25, 0.3) is 88.4 Å². The summed E-state index contributed by atoms with van der Waals surface area (Å²) >= 11 is 0. The number of ether oxygens (including phenoxy) is 1. The van der Waals surface area contributed by atoms with E-state index < -0.39 is 28.1 Å². The highest BCUT2D eigenvalue weighted by Crippen LogP contribution is 2.37. The SMILES string of the molecule is C=CC(=O)OC(C)(C#Cc1cccc2cc(-c3ccc4ncc5c(c4c3)n(-c3ccc(C(C)(C)C#N)cc3)c(=O)n5C)cnc12)Cn1c(=O)n(-c2ccc(C(C)(C)C#N)cc2)c2c3cc(-c4cnc5c(c4)CCCN5C(=O)C4CCCN(C(=O)C=C)C4)ccc3ncc21. The number of imidazole rings is 2. The number of amides is 2. The number of nitriles is 2. The van der Waals surface area contributed by atoms with Crippen LogP contribution in [0.1, 0.15) is 76.1 Å².